The molecule has 2 fully saturated rings. The van der Waals surface area contributed by atoms with Crippen LogP contribution in [0, 0.1) is 13.8 Å². The first-order valence-corrected chi connectivity index (χ1v) is 9.71. The standard InChI is InChI=1S/C21H26N2O4/c1-13-9-19(24)27-18-8-14(2)17(10-16(13)18)23-20(25)22-15-11-21(26-12-15)6-4-3-5-7-21/h8-10,15H,3-7,11-12H2,1-2H3,(H2,22,23,25)/t15-/m1/s1. The maximum absolute atomic E-state index is 12.5. The number of ether oxygens (including phenoxy) is 1. The summed E-state index contributed by atoms with van der Waals surface area (Å²) in [4.78, 5) is 24.1. The number of benzene rings is 1. The van der Waals surface area contributed by atoms with Crippen molar-refractivity contribution in [2.45, 2.75) is 64.0 Å². The number of aryl methyl sites for hydroxylation is 2. The molecule has 2 aromatic rings. The van der Waals surface area contributed by atoms with Gasteiger partial charge in [-0.2, -0.15) is 0 Å². The summed E-state index contributed by atoms with van der Waals surface area (Å²) in [5, 5.41) is 6.81. The Morgan fingerprint density at radius 1 is 1.11 bits per heavy atom. The lowest BCUT2D eigenvalue weighted by Crippen LogP contribution is -2.39. The number of urea groups is 1. The lowest BCUT2D eigenvalue weighted by atomic mass is 9.82. The van der Waals surface area contributed by atoms with E-state index in [0.717, 1.165) is 35.8 Å². The molecular formula is C21H26N2O4. The minimum absolute atomic E-state index is 0.0241. The Hall–Kier alpha value is -2.34. The molecule has 1 aromatic carbocycles. The van der Waals surface area contributed by atoms with Crippen molar-refractivity contribution in [3.8, 4) is 0 Å². The third-order valence-corrected chi connectivity index (χ3v) is 5.85. The molecular weight excluding hydrogens is 344 g/mol. The van der Waals surface area contributed by atoms with E-state index in [-0.39, 0.29) is 23.3 Å². The summed E-state index contributed by atoms with van der Waals surface area (Å²) in [6.07, 6.45) is 6.79. The van der Waals surface area contributed by atoms with E-state index >= 15 is 0 Å². The SMILES string of the molecule is Cc1cc2oc(=O)cc(C)c2cc1NC(=O)N[C@H]1COC2(CCCCC2)C1. The van der Waals surface area contributed by atoms with Crippen LogP contribution in [0.25, 0.3) is 11.0 Å². The molecule has 2 aliphatic rings. The second-order valence-corrected chi connectivity index (χ2v) is 7.97. The Morgan fingerprint density at radius 2 is 1.89 bits per heavy atom. The molecule has 144 valence electrons. The number of carbonyl (C=O) groups is 1. The van der Waals surface area contributed by atoms with Crippen molar-refractivity contribution in [3.05, 3.63) is 39.7 Å². The minimum Gasteiger partial charge on any atom is -0.423 e. The Bertz CT molecular complexity index is 928. The van der Waals surface area contributed by atoms with Gasteiger partial charge in [0.1, 0.15) is 5.58 Å². The summed E-state index contributed by atoms with van der Waals surface area (Å²) >= 11 is 0. The van der Waals surface area contributed by atoms with Crippen molar-refractivity contribution >= 4 is 22.7 Å². The first-order valence-electron chi connectivity index (χ1n) is 9.71. The van der Waals surface area contributed by atoms with Crippen molar-refractivity contribution in [2.24, 2.45) is 0 Å². The monoisotopic (exact) mass is 370 g/mol. The van der Waals surface area contributed by atoms with Crippen LogP contribution >= 0.6 is 0 Å². The van der Waals surface area contributed by atoms with E-state index in [0.29, 0.717) is 17.9 Å². The van der Waals surface area contributed by atoms with Crippen LogP contribution in [0.2, 0.25) is 0 Å². The lowest BCUT2D eigenvalue weighted by molar-refractivity contribution is -0.0245. The fourth-order valence-corrected chi connectivity index (χ4v) is 4.43. The summed E-state index contributed by atoms with van der Waals surface area (Å²) in [6.45, 7) is 4.32. The topological polar surface area (TPSA) is 80.6 Å². The Balaban J connectivity index is 1.45. The Morgan fingerprint density at radius 3 is 2.67 bits per heavy atom. The molecule has 1 aliphatic heterocycles. The molecule has 1 spiro atoms. The van der Waals surface area contributed by atoms with E-state index in [2.05, 4.69) is 10.6 Å². The highest BCUT2D eigenvalue weighted by Crippen LogP contribution is 2.39. The Kier molecular flexibility index (Phi) is 4.68. The zero-order valence-electron chi connectivity index (χ0n) is 15.9. The normalized spacial score (nSPS) is 21.5. The van der Waals surface area contributed by atoms with E-state index < -0.39 is 0 Å². The number of hydrogen-bond donors (Lipinski definition) is 2. The molecule has 6 heteroatoms. The summed E-state index contributed by atoms with van der Waals surface area (Å²) in [5.41, 5.74) is 2.53. The number of hydrogen-bond acceptors (Lipinski definition) is 4. The average Bonchev–Trinajstić information content (AvgIpc) is 2.98. The van der Waals surface area contributed by atoms with Crippen LogP contribution < -0.4 is 16.3 Å². The highest BCUT2D eigenvalue weighted by Gasteiger charge is 2.41. The number of nitrogens with one attached hydrogen (secondary N) is 2. The van der Waals surface area contributed by atoms with Gasteiger partial charge in [-0.05, 0) is 56.4 Å². The zero-order valence-corrected chi connectivity index (χ0v) is 15.9. The molecule has 2 heterocycles. The number of amides is 2. The smallest absolute Gasteiger partial charge is 0.336 e. The highest BCUT2D eigenvalue weighted by molar-refractivity contribution is 5.94. The quantitative estimate of drug-likeness (QED) is 0.783. The minimum atomic E-state index is -0.365. The van der Waals surface area contributed by atoms with Crippen molar-refractivity contribution < 1.29 is 13.9 Å². The fraction of sp³-hybridized carbons (Fsp3) is 0.524. The number of carbonyl (C=O) groups excluding carboxylic acids is 1. The van der Waals surface area contributed by atoms with Gasteiger partial charge in [0, 0.05) is 17.1 Å². The first kappa shape index (κ1) is 18.0. The molecule has 0 unspecified atom stereocenters. The predicted molar refractivity (Wildman–Crippen MR) is 104 cm³/mol. The summed E-state index contributed by atoms with van der Waals surface area (Å²) in [7, 11) is 0. The van der Waals surface area contributed by atoms with Gasteiger partial charge in [0.2, 0.25) is 0 Å². The van der Waals surface area contributed by atoms with Gasteiger partial charge in [-0.3, -0.25) is 0 Å². The van der Waals surface area contributed by atoms with Gasteiger partial charge in [0.05, 0.1) is 18.2 Å². The maximum Gasteiger partial charge on any atom is 0.336 e. The van der Waals surface area contributed by atoms with Crippen LogP contribution in [0.4, 0.5) is 10.5 Å². The molecule has 4 rings (SSSR count). The number of fused-ring (bicyclic) bond motifs is 1. The highest BCUT2D eigenvalue weighted by atomic mass is 16.5. The molecule has 1 saturated heterocycles. The van der Waals surface area contributed by atoms with E-state index in [9.17, 15) is 9.59 Å². The lowest BCUT2D eigenvalue weighted by Gasteiger charge is -2.32. The number of rotatable bonds is 2. The largest absolute Gasteiger partial charge is 0.423 e. The molecule has 1 aromatic heterocycles. The third-order valence-electron chi connectivity index (χ3n) is 5.85. The van der Waals surface area contributed by atoms with Gasteiger partial charge >= 0.3 is 11.7 Å². The Labute approximate surface area is 158 Å². The molecule has 2 amide bonds. The summed E-state index contributed by atoms with van der Waals surface area (Å²) < 4.78 is 11.3. The first-order chi connectivity index (χ1) is 12.9. The van der Waals surface area contributed by atoms with Crippen molar-refractivity contribution in [1.82, 2.24) is 5.32 Å². The summed E-state index contributed by atoms with van der Waals surface area (Å²) in [6, 6.07) is 4.92. The van der Waals surface area contributed by atoms with Crippen LogP contribution in [-0.2, 0) is 4.74 Å². The molecule has 0 bridgehead atoms. The van der Waals surface area contributed by atoms with Gasteiger partial charge in [0.25, 0.3) is 0 Å². The van der Waals surface area contributed by atoms with Crippen LogP contribution in [0.3, 0.4) is 0 Å². The average molecular weight is 370 g/mol. The maximum atomic E-state index is 12.5. The van der Waals surface area contributed by atoms with Gasteiger partial charge in [0.15, 0.2) is 0 Å². The van der Waals surface area contributed by atoms with Crippen molar-refractivity contribution in [3.63, 3.8) is 0 Å². The molecule has 0 radical (unpaired) electrons. The predicted octanol–water partition coefficient (Wildman–Crippen LogP) is 4.02. The van der Waals surface area contributed by atoms with Gasteiger partial charge in [-0.1, -0.05) is 19.3 Å². The van der Waals surface area contributed by atoms with E-state index in [1.54, 1.807) is 6.07 Å². The second-order valence-electron chi connectivity index (χ2n) is 7.97. The fourth-order valence-electron chi connectivity index (χ4n) is 4.43. The van der Waals surface area contributed by atoms with Crippen molar-refractivity contribution in [2.75, 3.05) is 11.9 Å². The van der Waals surface area contributed by atoms with Crippen molar-refractivity contribution in [1.29, 1.82) is 0 Å². The molecule has 2 N–H and O–H groups in total. The summed E-state index contributed by atoms with van der Waals surface area (Å²) in [5.74, 6) is 0. The van der Waals surface area contributed by atoms with E-state index in [4.69, 9.17) is 9.15 Å². The van der Waals surface area contributed by atoms with Crippen LogP contribution in [0.15, 0.2) is 27.4 Å². The zero-order chi connectivity index (χ0) is 19.0. The molecule has 1 atom stereocenters. The third kappa shape index (κ3) is 3.72. The second kappa shape index (κ2) is 7.00. The molecule has 27 heavy (non-hydrogen) atoms. The van der Waals surface area contributed by atoms with E-state index in [1.165, 1.54) is 25.3 Å². The molecule has 1 saturated carbocycles. The van der Waals surface area contributed by atoms with Crippen LogP contribution in [-0.4, -0.2) is 24.3 Å². The van der Waals surface area contributed by atoms with Gasteiger partial charge < -0.3 is 19.8 Å². The molecule has 6 nitrogen and oxygen atoms in total. The van der Waals surface area contributed by atoms with Crippen LogP contribution in [0.1, 0.15) is 49.7 Å². The van der Waals surface area contributed by atoms with Gasteiger partial charge in [-0.25, -0.2) is 9.59 Å². The number of anilines is 1. The van der Waals surface area contributed by atoms with Gasteiger partial charge in [-0.15, -0.1) is 0 Å². The van der Waals surface area contributed by atoms with Crippen LogP contribution in [0.5, 0.6) is 0 Å². The molecule has 1 aliphatic carbocycles. The van der Waals surface area contributed by atoms with E-state index in [1.807, 2.05) is 19.9 Å².